The SMILES string of the molecule is CCOC(=O)/C=C/c1ccccc1C#CCS(=O)CC#Cc1ccccc1/C=C/C(=O)OCC. The van der Waals surface area contributed by atoms with E-state index >= 15 is 0 Å². The van der Waals surface area contributed by atoms with Gasteiger partial charge in [0.1, 0.15) is 0 Å². The van der Waals surface area contributed by atoms with Crippen LogP contribution in [0.1, 0.15) is 36.1 Å². The molecule has 0 aliphatic heterocycles. The summed E-state index contributed by atoms with van der Waals surface area (Å²) in [6, 6.07) is 14.8. The number of carbonyl (C=O) groups excluding carboxylic acids is 2. The molecule has 0 aliphatic rings. The molecule has 174 valence electrons. The Kier molecular flexibility index (Phi) is 11.7. The molecule has 0 aliphatic carbocycles. The fourth-order valence-corrected chi connectivity index (χ4v) is 3.25. The first-order chi connectivity index (χ1) is 16.5. The Hall–Kier alpha value is -3.87. The second-order valence-corrected chi connectivity index (χ2v) is 8.13. The van der Waals surface area contributed by atoms with Gasteiger partial charge in [0, 0.05) is 34.1 Å². The van der Waals surface area contributed by atoms with Gasteiger partial charge in [0.15, 0.2) is 0 Å². The van der Waals surface area contributed by atoms with Crippen LogP contribution in [0.5, 0.6) is 0 Å². The largest absolute Gasteiger partial charge is 0.463 e. The van der Waals surface area contributed by atoms with Gasteiger partial charge < -0.3 is 9.47 Å². The first-order valence-electron chi connectivity index (χ1n) is 10.7. The summed E-state index contributed by atoms with van der Waals surface area (Å²) in [4.78, 5) is 23.1. The van der Waals surface area contributed by atoms with E-state index in [1.54, 1.807) is 26.0 Å². The molecule has 0 fully saturated rings. The summed E-state index contributed by atoms with van der Waals surface area (Å²) in [6.45, 7) is 4.12. The molecular formula is C28H26O5S. The summed E-state index contributed by atoms with van der Waals surface area (Å²) < 4.78 is 22.1. The van der Waals surface area contributed by atoms with Gasteiger partial charge in [-0.25, -0.2) is 9.59 Å². The van der Waals surface area contributed by atoms with Crippen LogP contribution in [0.3, 0.4) is 0 Å². The Labute approximate surface area is 203 Å². The van der Waals surface area contributed by atoms with Crippen LogP contribution in [0.25, 0.3) is 12.2 Å². The van der Waals surface area contributed by atoms with Gasteiger partial charge in [-0.2, -0.15) is 0 Å². The lowest BCUT2D eigenvalue weighted by molar-refractivity contribution is -0.138. The smallest absolute Gasteiger partial charge is 0.330 e. The van der Waals surface area contributed by atoms with E-state index in [4.69, 9.17) is 9.47 Å². The van der Waals surface area contributed by atoms with Crippen molar-refractivity contribution in [2.75, 3.05) is 24.7 Å². The third-order valence-corrected chi connectivity index (χ3v) is 5.14. The monoisotopic (exact) mass is 474 g/mol. The Balaban J connectivity index is 1.99. The molecule has 2 aromatic carbocycles. The number of carbonyl (C=O) groups is 2. The van der Waals surface area contributed by atoms with Crippen molar-refractivity contribution in [3.63, 3.8) is 0 Å². The minimum Gasteiger partial charge on any atom is -0.463 e. The van der Waals surface area contributed by atoms with Crippen LogP contribution in [-0.2, 0) is 29.9 Å². The molecule has 0 heterocycles. The number of ether oxygens (including phenoxy) is 2. The van der Waals surface area contributed by atoms with E-state index in [2.05, 4.69) is 23.7 Å². The first kappa shape index (κ1) is 26.4. The van der Waals surface area contributed by atoms with E-state index in [0.717, 1.165) is 22.3 Å². The maximum Gasteiger partial charge on any atom is 0.330 e. The second kappa shape index (κ2) is 15.1. The Bertz CT molecular complexity index is 1110. The highest BCUT2D eigenvalue weighted by molar-refractivity contribution is 7.85. The van der Waals surface area contributed by atoms with Crippen molar-refractivity contribution in [1.82, 2.24) is 0 Å². The van der Waals surface area contributed by atoms with E-state index < -0.39 is 22.7 Å². The van der Waals surface area contributed by atoms with Crippen LogP contribution in [0.15, 0.2) is 60.7 Å². The zero-order chi connectivity index (χ0) is 24.6. The van der Waals surface area contributed by atoms with Crippen LogP contribution < -0.4 is 0 Å². The van der Waals surface area contributed by atoms with Crippen molar-refractivity contribution in [1.29, 1.82) is 0 Å². The van der Waals surface area contributed by atoms with Crippen LogP contribution in [0, 0.1) is 23.7 Å². The van der Waals surface area contributed by atoms with Gasteiger partial charge in [0.05, 0.1) is 24.7 Å². The zero-order valence-electron chi connectivity index (χ0n) is 19.2. The fraction of sp³-hybridized carbons (Fsp3) is 0.214. The third kappa shape index (κ3) is 9.73. The maximum absolute atomic E-state index is 12.3. The van der Waals surface area contributed by atoms with E-state index in [1.165, 1.54) is 12.2 Å². The molecule has 0 aromatic heterocycles. The number of rotatable bonds is 8. The molecule has 2 rings (SSSR count). The standard InChI is InChI=1S/C28H26O5S/c1-3-32-27(29)19-17-25-13-7-5-11-23(25)15-9-21-34(31)22-10-16-24-12-6-8-14-26(24)18-20-28(30)33-4-2/h5-8,11-14,17-20H,3-4,21-22H2,1-2H3/b19-17+,20-18+. The lowest BCUT2D eigenvalue weighted by atomic mass is 10.1. The quantitative estimate of drug-likeness (QED) is 0.329. The normalized spacial score (nSPS) is 10.4. The molecule has 0 amide bonds. The molecule has 34 heavy (non-hydrogen) atoms. The van der Waals surface area contributed by atoms with Gasteiger partial charge in [0.2, 0.25) is 0 Å². The average molecular weight is 475 g/mol. The first-order valence-corrected chi connectivity index (χ1v) is 12.2. The second-order valence-electron chi connectivity index (χ2n) is 6.68. The molecule has 0 spiro atoms. The molecular weight excluding hydrogens is 448 g/mol. The van der Waals surface area contributed by atoms with Crippen LogP contribution in [-0.4, -0.2) is 40.9 Å². The van der Waals surface area contributed by atoms with Crippen molar-refractivity contribution in [2.24, 2.45) is 0 Å². The number of hydrogen-bond acceptors (Lipinski definition) is 5. The van der Waals surface area contributed by atoms with Gasteiger partial charge in [-0.3, -0.25) is 4.21 Å². The predicted molar refractivity (Wildman–Crippen MR) is 136 cm³/mol. The van der Waals surface area contributed by atoms with E-state index in [-0.39, 0.29) is 11.5 Å². The Morgan fingerprint density at radius 1 is 0.765 bits per heavy atom. The number of benzene rings is 2. The maximum atomic E-state index is 12.3. The van der Waals surface area contributed by atoms with Crippen molar-refractivity contribution in [2.45, 2.75) is 13.8 Å². The van der Waals surface area contributed by atoms with Crippen LogP contribution in [0.4, 0.5) is 0 Å². The van der Waals surface area contributed by atoms with Gasteiger partial charge >= 0.3 is 11.9 Å². The Morgan fingerprint density at radius 3 is 1.59 bits per heavy atom. The summed E-state index contributed by atoms with van der Waals surface area (Å²) >= 11 is 0. The van der Waals surface area contributed by atoms with Gasteiger partial charge in [-0.1, -0.05) is 60.1 Å². The molecule has 6 heteroatoms. The number of esters is 2. The molecule has 0 radical (unpaired) electrons. The van der Waals surface area contributed by atoms with E-state index in [0.29, 0.717) is 13.2 Å². The van der Waals surface area contributed by atoms with Crippen molar-refractivity contribution >= 4 is 34.9 Å². The molecule has 0 saturated carbocycles. The predicted octanol–water partition coefficient (Wildman–Crippen LogP) is 3.99. The Morgan fingerprint density at radius 2 is 1.18 bits per heavy atom. The van der Waals surface area contributed by atoms with Crippen LogP contribution in [0.2, 0.25) is 0 Å². The summed E-state index contributed by atoms with van der Waals surface area (Å²) in [5.74, 6) is 11.4. The highest BCUT2D eigenvalue weighted by atomic mass is 32.2. The molecule has 0 N–H and O–H groups in total. The molecule has 0 saturated heterocycles. The van der Waals surface area contributed by atoms with Crippen molar-refractivity contribution in [3.8, 4) is 23.7 Å². The number of hydrogen-bond donors (Lipinski definition) is 0. The van der Waals surface area contributed by atoms with Crippen molar-refractivity contribution < 1.29 is 23.3 Å². The lowest BCUT2D eigenvalue weighted by Crippen LogP contribution is -1.99. The molecule has 5 nitrogen and oxygen atoms in total. The third-order valence-electron chi connectivity index (χ3n) is 4.21. The van der Waals surface area contributed by atoms with E-state index in [9.17, 15) is 13.8 Å². The topological polar surface area (TPSA) is 69.7 Å². The minimum atomic E-state index is -1.24. The lowest BCUT2D eigenvalue weighted by Gasteiger charge is -1.99. The fourth-order valence-electron chi connectivity index (χ4n) is 2.68. The van der Waals surface area contributed by atoms with Crippen molar-refractivity contribution in [3.05, 3.63) is 82.9 Å². The summed E-state index contributed by atoms with van der Waals surface area (Å²) in [6.07, 6.45) is 6.02. The van der Waals surface area contributed by atoms with Crippen LogP contribution >= 0.6 is 0 Å². The molecule has 0 unspecified atom stereocenters. The van der Waals surface area contributed by atoms with Gasteiger partial charge in [0.25, 0.3) is 0 Å². The minimum absolute atomic E-state index is 0.176. The summed E-state index contributed by atoms with van der Waals surface area (Å²) in [5, 5.41) is 0. The highest BCUT2D eigenvalue weighted by Gasteiger charge is 2.00. The van der Waals surface area contributed by atoms with E-state index in [1.807, 2.05) is 48.5 Å². The van der Waals surface area contributed by atoms with Gasteiger partial charge in [-0.15, -0.1) is 0 Å². The molecule has 2 aromatic rings. The summed E-state index contributed by atoms with van der Waals surface area (Å²) in [7, 11) is -1.24. The molecule has 0 atom stereocenters. The zero-order valence-corrected chi connectivity index (χ0v) is 20.0. The summed E-state index contributed by atoms with van der Waals surface area (Å²) in [5.41, 5.74) is 3.02. The highest BCUT2D eigenvalue weighted by Crippen LogP contribution is 2.10. The molecule has 0 bridgehead atoms. The average Bonchev–Trinajstić information content (AvgIpc) is 2.83. The van der Waals surface area contributed by atoms with Gasteiger partial charge in [-0.05, 0) is 49.3 Å².